The summed E-state index contributed by atoms with van der Waals surface area (Å²) in [4.78, 5) is 11.8. The first-order chi connectivity index (χ1) is 9.22. The Kier molecular flexibility index (Phi) is 3.97. The van der Waals surface area contributed by atoms with E-state index < -0.39 is 34.8 Å². The number of amides is 1. The summed E-state index contributed by atoms with van der Waals surface area (Å²) in [5.74, 6) is -1.17. The number of alkyl halides is 3. The number of nitrogens with one attached hydrogen (secondary N) is 1. The van der Waals surface area contributed by atoms with Gasteiger partial charge in [0.25, 0.3) is 5.91 Å². The van der Waals surface area contributed by atoms with Crippen LogP contribution in [0, 0.1) is 5.82 Å². The zero-order chi connectivity index (χ0) is 15.0. The van der Waals surface area contributed by atoms with E-state index in [0.29, 0.717) is 24.0 Å². The monoisotopic (exact) mass is 309 g/mol. The summed E-state index contributed by atoms with van der Waals surface area (Å²) in [6.45, 7) is 0. The molecule has 1 aromatic rings. The predicted octanol–water partition coefficient (Wildman–Crippen LogP) is 2.65. The van der Waals surface area contributed by atoms with Crippen molar-refractivity contribution < 1.29 is 27.5 Å². The second-order valence-corrected chi connectivity index (χ2v) is 5.59. The van der Waals surface area contributed by atoms with Gasteiger partial charge in [0, 0.05) is 5.75 Å². The zero-order valence-electron chi connectivity index (χ0n) is 10.1. The van der Waals surface area contributed by atoms with Crippen molar-refractivity contribution in [2.24, 2.45) is 0 Å². The molecule has 1 saturated heterocycles. The normalized spacial score (nSPS) is 22.9. The van der Waals surface area contributed by atoms with E-state index in [9.17, 15) is 27.5 Å². The van der Waals surface area contributed by atoms with Crippen molar-refractivity contribution >= 4 is 23.4 Å². The molecule has 8 heteroatoms. The first kappa shape index (κ1) is 15.1. The van der Waals surface area contributed by atoms with E-state index in [1.165, 1.54) is 11.8 Å². The lowest BCUT2D eigenvalue weighted by atomic mass is 10.0. The molecule has 0 radical (unpaired) electrons. The van der Waals surface area contributed by atoms with E-state index in [1.807, 2.05) is 5.32 Å². The Morgan fingerprint density at radius 3 is 2.65 bits per heavy atom. The molecule has 1 aliphatic heterocycles. The minimum atomic E-state index is -4.63. The Bertz CT molecular complexity index is 527. The van der Waals surface area contributed by atoms with Crippen LogP contribution in [-0.4, -0.2) is 28.1 Å². The third-order valence-corrected chi connectivity index (χ3v) is 4.14. The van der Waals surface area contributed by atoms with Gasteiger partial charge in [0.2, 0.25) is 0 Å². The van der Waals surface area contributed by atoms with Crippen molar-refractivity contribution in [2.45, 2.75) is 18.2 Å². The molecule has 1 aliphatic rings. The predicted molar refractivity (Wildman–Crippen MR) is 66.9 cm³/mol. The lowest BCUT2D eigenvalue weighted by molar-refractivity contribution is -0.137. The van der Waals surface area contributed by atoms with E-state index in [2.05, 4.69) is 0 Å². The Hall–Kier alpha value is -1.28. The van der Waals surface area contributed by atoms with Gasteiger partial charge in [0.15, 0.2) is 5.60 Å². The Labute approximate surface area is 116 Å². The number of halogens is 4. The van der Waals surface area contributed by atoms with Gasteiger partial charge in [-0.2, -0.15) is 24.9 Å². The molecule has 1 atom stereocenters. The number of thioether (sulfide) groups is 1. The van der Waals surface area contributed by atoms with E-state index in [1.54, 1.807) is 0 Å². The number of anilines is 1. The maximum absolute atomic E-state index is 13.5. The van der Waals surface area contributed by atoms with Crippen LogP contribution in [0.2, 0.25) is 0 Å². The first-order valence-corrected chi connectivity index (χ1v) is 6.86. The van der Waals surface area contributed by atoms with Crippen LogP contribution in [0.3, 0.4) is 0 Å². The van der Waals surface area contributed by atoms with Gasteiger partial charge in [-0.25, -0.2) is 4.39 Å². The minimum absolute atomic E-state index is 0.138. The van der Waals surface area contributed by atoms with Crippen molar-refractivity contribution in [2.75, 3.05) is 16.8 Å². The number of carbonyl (C=O) groups is 1. The molecule has 0 spiro atoms. The number of rotatable bonds is 2. The molecule has 20 heavy (non-hydrogen) atoms. The largest absolute Gasteiger partial charge is 0.416 e. The number of hydrogen-bond donors (Lipinski definition) is 2. The standard InChI is InChI=1S/C12H11F4NO2S/c13-8-2-1-7(12(14,15)16)5-9(8)17-10(18)11(19)3-4-20-6-11/h1-2,5,19H,3-4,6H2,(H,17,18). The summed E-state index contributed by atoms with van der Waals surface area (Å²) in [6, 6.07) is 1.73. The van der Waals surface area contributed by atoms with Crippen molar-refractivity contribution in [3.05, 3.63) is 29.6 Å². The van der Waals surface area contributed by atoms with E-state index in [4.69, 9.17) is 0 Å². The molecule has 2 N–H and O–H groups in total. The van der Waals surface area contributed by atoms with Crippen molar-refractivity contribution in [3.8, 4) is 0 Å². The second kappa shape index (κ2) is 5.25. The lowest BCUT2D eigenvalue weighted by Gasteiger charge is -2.20. The van der Waals surface area contributed by atoms with Crippen LogP contribution in [0.5, 0.6) is 0 Å². The highest BCUT2D eigenvalue weighted by Gasteiger charge is 2.40. The van der Waals surface area contributed by atoms with Crippen LogP contribution in [0.15, 0.2) is 18.2 Å². The van der Waals surface area contributed by atoms with Crippen LogP contribution < -0.4 is 5.32 Å². The van der Waals surface area contributed by atoms with Crippen LogP contribution >= 0.6 is 11.8 Å². The van der Waals surface area contributed by atoms with Gasteiger partial charge in [0.1, 0.15) is 5.82 Å². The van der Waals surface area contributed by atoms with Crippen molar-refractivity contribution in [1.82, 2.24) is 0 Å². The van der Waals surface area contributed by atoms with Crippen LogP contribution in [0.25, 0.3) is 0 Å². The molecule has 1 heterocycles. The van der Waals surface area contributed by atoms with Crippen LogP contribution in [0.4, 0.5) is 23.2 Å². The maximum Gasteiger partial charge on any atom is 0.416 e. The molecule has 2 rings (SSSR count). The highest BCUT2D eigenvalue weighted by atomic mass is 32.2. The third kappa shape index (κ3) is 3.06. The van der Waals surface area contributed by atoms with Gasteiger partial charge >= 0.3 is 6.18 Å². The topological polar surface area (TPSA) is 49.3 Å². The molecular weight excluding hydrogens is 298 g/mol. The van der Waals surface area contributed by atoms with Gasteiger partial charge in [-0.3, -0.25) is 4.79 Å². The Morgan fingerprint density at radius 2 is 2.10 bits per heavy atom. The number of carbonyl (C=O) groups excluding carboxylic acids is 1. The molecule has 1 amide bonds. The Morgan fingerprint density at radius 1 is 1.40 bits per heavy atom. The number of hydrogen-bond acceptors (Lipinski definition) is 3. The molecule has 0 aromatic heterocycles. The fourth-order valence-corrected chi connectivity index (χ4v) is 3.01. The summed E-state index contributed by atoms with van der Waals surface area (Å²) in [7, 11) is 0. The van der Waals surface area contributed by atoms with Gasteiger partial charge in [0.05, 0.1) is 11.3 Å². The van der Waals surface area contributed by atoms with Gasteiger partial charge < -0.3 is 10.4 Å². The SMILES string of the molecule is O=C(Nc1cc(C(F)(F)F)ccc1F)C1(O)CCSC1. The van der Waals surface area contributed by atoms with E-state index >= 15 is 0 Å². The molecular formula is C12H11F4NO2S. The van der Waals surface area contributed by atoms with Gasteiger partial charge in [-0.15, -0.1) is 0 Å². The maximum atomic E-state index is 13.5. The second-order valence-electron chi connectivity index (χ2n) is 4.48. The minimum Gasteiger partial charge on any atom is -0.379 e. The fraction of sp³-hybridized carbons (Fsp3) is 0.417. The van der Waals surface area contributed by atoms with Gasteiger partial charge in [-0.05, 0) is 30.4 Å². The average Bonchev–Trinajstić information content (AvgIpc) is 2.79. The highest BCUT2D eigenvalue weighted by Crippen LogP contribution is 2.33. The summed E-state index contributed by atoms with van der Waals surface area (Å²) < 4.78 is 51.0. The van der Waals surface area contributed by atoms with Crippen molar-refractivity contribution in [3.63, 3.8) is 0 Å². The zero-order valence-corrected chi connectivity index (χ0v) is 10.9. The summed E-state index contributed by atoms with van der Waals surface area (Å²) in [5, 5.41) is 12.0. The molecule has 0 bridgehead atoms. The molecule has 1 aromatic carbocycles. The fourth-order valence-electron chi connectivity index (χ4n) is 1.77. The van der Waals surface area contributed by atoms with Gasteiger partial charge in [-0.1, -0.05) is 0 Å². The molecule has 0 saturated carbocycles. The van der Waals surface area contributed by atoms with Crippen molar-refractivity contribution in [1.29, 1.82) is 0 Å². The Balaban J connectivity index is 2.22. The summed E-state index contributed by atoms with van der Waals surface area (Å²) in [6.07, 6.45) is -4.45. The summed E-state index contributed by atoms with van der Waals surface area (Å²) >= 11 is 1.35. The lowest BCUT2D eigenvalue weighted by Crippen LogP contribution is -2.43. The average molecular weight is 309 g/mol. The molecule has 110 valence electrons. The number of aliphatic hydroxyl groups is 1. The number of benzene rings is 1. The quantitative estimate of drug-likeness (QED) is 0.826. The molecule has 0 aliphatic carbocycles. The molecule has 1 unspecified atom stereocenters. The molecule has 3 nitrogen and oxygen atoms in total. The third-order valence-electron chi connectivity index (χ3n) is 2.97. The highest BCUT2D eigenvalue weighted by molar-refractivity contribution is 7.99. The smallest absolute Gasteiger partial charge is 0.379 e. The van der Waals surface area contributed by atoms with Crippen LogP contribution in [-0.2, 0) is 11.0 Å². The molecule has 1 fully saturated rings. The van der Waals surface area contributed by atoms with E-state index in [-0.39, 0.29) is 12.2 Å². The summed E-state index contributed by atoms with van der Waals surface area (Å²) in [5.41, 5.74) is -3.32. The first-order valence-electron chi connectivity index (χ1n) is 5.71. The van der Waals surface area contributed by atoms with E-state index in [0.717, 1.165) is 0 Å². The van der Waals surface area contributed by atoms with Crippen LogP contribution in [0.1, 0.15) is 12.0 Å².